The first-order chi connectivity index (χ1) is 8.00. The molecule has 2 N–H and O–H groups in total. The van der Waals surface area contributed by atoms with Gasteiger partial charge in [0.05, 0.1) is 19.3 Å². The van der Waals surface area contributed by atoms with Gasteiger partial charge in [0.15, 0.2) is 5.69 Å². The molecule has 1 amide bonds. The number of aromatic nitrogens is 3. The van der Waals surface area contributed by atoms with Crippen molar-refractivity contribution in [2.24, 2.45) is 0 Å². The van der Waals surface area contributed by atoms with Crippen LogP contribution in [0.2, 0.25) is 0 Å². The maximum absolute atomic E-state index is 11.7. The van der Waals surface area contributed by atoms with Gasteiger partial charge in [0.1, 0.15) is 12.2 Å². The van der Waals surface area contributed by atoms with Crippen molar-refractivity contribution < 1.29 is 19.4 Å². The smallest absolute Gasteiger partial charge is 0.329 e. The van der Waals surface area contributed by atoms with Crippen LogP contribution in [0.4, 0.5) is 0 Å². The van der Waals surface area contributed by atoms with Crippen LogP contribution in [0.5, 0.6) is 0 Å². The molecule has 1 aliphatic heterocycles. The summed E-state index contributed by atoms with van der Waals surface area (Å²) in [6, 6.07) is 0. The quantitative estimate of drug-likeness (QED) is 0.707. The average Bonchev–Trinajstić information content (AvgIpc) is 2.74. The lowest BCUT2D eigenvalue weighted by molar-refractivity contribution is -0.159. The van der Waals surface area contributed by atoms with Crippen LogP contribution < -0.4 is 0 Å². The van der Waals surface area contributed by atoms with Crippen molar-refractivity contribution in [2.75, 3.05) is 19.7 Å². The number of amides is 1. The SMILES string of the molecule is CC1(OCC(=O)O)CN(C(=O)c2cn[nH]n2)C1. The summed E-state index contributed by atoms with van der Waals surface area (Å²) >= 11 is 0. The number of aliphatic carboxylic acids is 1. The van der Waals surface area contributed by atoms with Gasteiger partial charge in [-0.1, -0.05) is 0 Å². The predicted octanol–water partition coefficient (Wildman–Crippen LogP) is -0.880. The van der Waals surface area contributed by atoms with Gasteiger partial charge in [-0.3, -0.25) is 4.79 Å². The lowest BCUT2D eigenvalue weighted by Gasteiger charge is -2.46. The highest BCUT2D eigenvalue weighted by molar-refractivity contribution is 5.92. The number of nitrogens with zero attached hydrogens (tertiary/aromatic N) is 3. The number of ether oxygens (including phenoxy) is 1. The zero-order valence-corrected chi connectivity index (χ0v) is 9.21. The Morgan fingerprint density at radius 3 is 2.88 bits per heavy atom. The number of carboxylic acid groups (broad SMARTS) is 1. The van der Waals surface area contributed by atoms with Gasteiger partial charge in [-0.2, -0.15) is 15.4 Å². The number of H-pyrrole nitrogens is 1. The van der Waals surface area contributed by atoms with Gasteiger partial charge in [0.2, 0.25) is 0 Å². The first-order valence-electron chi connectivity index (χ1n) is 5.01. The molecule has 2 rings (SSSR count). The second-order valence-electron chi connectivity index (χ2n) is 4.15. The summed E-state index contributed by atoms with van der Waals surface area (Å²) < 4.78 is 5.19. The molecule has 1 fully saturated rings. The zero-order valence-electron chi connectivity index (χ0n) is 9.21. The molecule has 8 heteroatoms. The largest absolute Gasteiger partial charge is 0.480 e. The number of carboxylic acids is 1. The summed E-state index contributed by atoms with van der Waals surface area (Å²) in [6.45, 7) is 2.11. The summed E-state index contributed by atoms with van der Waals surface area (Å²) in [5, 5.41) is 18.1. The molecule has 8 nitrogen and oxygen atoms in total. The monoisotopic (exact) mass is 240 g/mol. The van der Waals surface area contributed by atoms with E-state index < -0.39 is 11.6 Å². The summed E-state index contributed by atoms with van der Waals surface area (Å²) in [6.07, 6.45) is 1.34. The van der Waals surface area contributed by atoms with Gasteiger partial charge in [-0.25, -0.2) is 4.79 Å². The third kappa shape index (κ3) is 2.41. The third-order valence-corrected chi connectivity index (χ3v) is 2.52. The van der Waals surface area contributed by atoms with Crippen molar-refractivity contribution in [2.45, 2.75) is 12.5 Å². The van der Waals surface area contributed by atoms with Crippen molar-refractivity contribution >= 4 is 11.9 Å². The number of carbonyl (C=O) groups excluding carboxylic acids is 1. The Hall–Kier alpha value is -1.96. The Morgan fingerprint density at radius 2 is 2.35 bits per heavy atom. The Kier molecular flexibility index (Phi) is 2.80. The Morgan fingerprint density at radius 1 is 1.65 bits per heavy atom. The minimum absolute atomic E-state index is 0.241. The van der Waals surface area contributed by atoms with Crippen molar-refractivity contribution in [3.8, 4) is 0 Å². The Labute approximate surface area is 96.6 Å². The fraction of sp³-hybridized carbons (Fsp3) is 0.556. The first kappa shape index (κ1) is 11.5. The normalized spacial score (nSPS) is 17.6. The van der Waals surface area contributed by atoms with Gasteiger partial charge in [0, 0.05) is 0 Å². The van der Waals surface area contributed by atoms with Crippen LogP contribution in [0.15, 0.2) is 6.20 Å². The van der Waals surface area contributed by atoms with E-state index in [2.05, 4.69) is 15.4 Å². The highest BCUT2D eigenvalue weighted by Crippen LogP contribution is 2.25. The number of likely N-dealkylation sites (tertiary alicyclic amines) is 1. The standard InChI is InChI=1S/C9H12N4O4/c1-9(17-3-7(14)15)4-13(5-9)8(16)6-2-10-12-11-6/h2H,3-5H2,1H3,(H,14,15)(H,10,11,12). The molecule has 0 radical (unpaired) electrons. The lowest BCUT2D eigenvalue weighted by atomic mass is 9.96. The van der Waals surface area contributed by atoms with Crippen molar-refractivity contribution in [3.63, 3.8) is 0 Å². The molecule has 2 heterocycles. The predicted molar refractivity (Wildman–Crippen MR) is 54.3 cm³/mol. The van der Waals surface area contributed by atoms with E-state index >= 15 is 0 Å². The maximum Gasteiger partial charge on any atom is 0.329 e. The minimum atomic E-state index is -1.02. The van der Waals surface area contributed by atoms with Gasteiger partial charge in [-0.15, -0.1) is 0 Å². The van der Waals surface area contributed by atoms with Crippen molar-refractivity contribution in [1.29, 1.82) is 0 Å². The number of carbonyl (C=O) groups is 2. The number of nitrogens with one attached hydrogen (secondary N) is 1. The molecule has 0 unspecified atom stereocenters. The second kappa shape index (κ2) is 4.13. The summed E-state index contributed by atoms with van der Waals surface area (Å²) in [4.78, 5) is 23.6. The van der Waals surface area contributed by atoms with Crippen LogP contribution in [-0.4, -0.2) is 62.6 Å². The van der Waals surface area contributed by atoms with E-state index in [1.165, 1.54) is 11.1 Å². The number of hydrogen-bond donors (Lipinski definition) is 2. The molecule has 1 aromatic heterocycles. The minimum Gasteiger partial charge on any atom is -0.480 e. The molecule has 1 aliphatic rings. The summed E-state index contributed by atoms with van der Waals surface area (Å²) in [5.41, 5.74) is -0.345. The number of rotatable bonds is 4. The highest BCUT2D eigenvalue weighted by Gasteiger charge is 2.43. The molecule has 0 bridgehead atoms. The lowest BCUT2D eigenvalue weighted by Crippen LogP contribution is -2.63. The average molecular weight is 240 g/mol. The number of aromatic amines is 1. The van der Waals surface area contributed by atoms with E-state index in [0.717, 1.165) is 0 Å². The van der Waals surface area contributed by atoms with E-state index in [1.807, 2.05) is 0 Å². The zero-order chi connectivity index (χ0) is 12.5. The summed E-state index contributed by atoms with van der Waals surface area (Å²) in [7, 11) is 0. The molecule has 0 saturated carbocycles. The van der Waals surface area contributed by atoms with Gasteiger partial charge in [0.25, 0.3) is 5.91 Å². The fourth-order valence-electron chi connectivity index (χ4n) is 1.70. The van der Waals surface area contributed by atoms with Crippen LogP contribution in [0.25, 0.3) is 0 Å². The molecule has 0 aliphatic carbocycles. The van der Waals surface area contributed by atoms with E-state index in [-0.39, 0.29) is 18.2 Å². The van der Waals surface area contributed by atoms with Crippen LogP contribution in [-0.2, 0) is 9.53 Å². The van der Waals surface area contributed by atoms with Gasteiger partial charge >= 0.3 is 5.97 Å². The molecule has 92 valence electrons. The van der Waals surface area contributed by atoms with E-state index in [4.69, 9.17) is 9.84 Å². The van der Waals surface area contributed by atoms with E-state index in [0.29, 0.717) is 13.1 Å². The fourth-order valence-corrected chi connectivity index (χ4v) is 1.70. The molecule has 17 heavy (non-hydrogen) atoms. The Bertz CT molecular complexity index is 424. The number of hydrogen-bond acceptors (Lipinski definition) is 5. The molecule has 0 spiro atoms. The maximum atomic E-state index is 11.7. The van der Waals surface area contributed by atoms with Gasteiger partial charge in [-0.05, 0) is 6.92 Å². The van der Waals surface area contributed by atoms with Crippen LogP contribution in [0.3, 0.4) is 0 Å². The molecule has 1 saturated heterocycles. The molecule has 0 atom stereocenters. The van der Waals surface area contributed by atoms with Crippen molar-refractivity contribution in [1.82, 2.24) is 20.3 Å². The molecule has 0 aromatic carbocycles. The highest BCUT2D eigenvalue weighted by atomic mass is 16.5. The van der Waals surface area contributed by atoms with Crippen LogP contribution in [0, 0.1) is 0 Å². The van der Waals surface area contributed by atoms with E-state index in [9.17, 15) is 9.59 Å². The molecular formula is C9H12N4O4. The molecule has 1 aromatic rings. The third-order valence-electron chi connectivity index (χ3n) is 2.52. The van der Waals surface area contributed by atoms with E-state index in [1.54, 1.807) is 6.92 Å². The van der Waals surface area contributed by atoms with Crippen LogP contribution >= 0.6 is 0 Å². The van der Waals surface area contributed by atoms with Crippen molar-refractivity contribution in [3.05, 3.63) is 11.9 Å². The topological polar surface area (TPSA) is 108 Å². The Balaban J connectivity index is 1.86. The molecular weight excluding hydrogens is 228 g/mol. The summed E-state index contributed by atoms with van der Waals surface area (Å²) in [5.74, 6) is -1.26. The first-order valence-corrected chi connectivity index (χ1v) is 5.01. The van der Waals surface area contributed by atoms with Gasteiger partial charge < -0.3 is 14.7 Å². The second-order valence-corrected chi connectivity index (χ2v) is 4.15. The van der Waals surface area contributed by atoms with Crippen LogP contribution in [0.1, 0.15) is 17.4 Å².